The van der Waals surface area contributed by atoms with Crippen LogP contribution in [-0.4, -0.2) is 56.7 Å². The fourth-order valence-electron chi connectivity index (χ4n) is 3.45. The number of ether oxygens (including phenoxy) is 2. The van der Waals surface area contributed by atoms with Crippen molar-refractivity contribution in [2.75, 3.05) is 18.9 Å². The molecule has 0 saturated carbocycles. The van der Waals surface area contributed by atoms with Gasteiger partial charge in [0.1, 0.15) is 12.2 Å². The number of fused-ring (bicyclic) bond motifs is 2. The van der Waals surface area contributed by atoms with Crippen molar-refractivity contribution in [3.05, 3.63) is 6.33 Å². The van der Waals surface area contributed by atoms with Gasteiger partial charge in [0.05, 0.1) is 25.6 Å². The predicted molar refractivity (Wildman–Crippen MR) is 99.0 cm³/mol. The molecule has 29 heavy (non-hydrogen) atoms. The summed E-state index contributed by atoms with van der Waals surface area (Å²) in [5, 5.41) is 0. The molecule has 11 nitrogen and oxygen atoms in total. The maximum Gasteiger partial charge on any atom is 0.475 e. The molecule has 2 saturated heterocycles. The smallest absolute Gasteiger partial charge is 0.473 e. The standard InChI is InChI=1S/C16H23FN5O6P/c1-5-24-29(23)25-6-9-11(28-29)16(4,17)14(27-9)22-7-19-10-12(22)20-15(18)21-13(10)26-8(2)3/h7-9,11,14H,5-6H2,1-4H3,(H2,18,20,21)/t9-,11-,14-,16-,29+/m1/s1. The Labute approximate surface area is 166 Å². The van der Waals surface area contributed by atoms with Gasteiger partial charge in [0.15, 0.2) is 23.1 Å². The van der Waals surface area contributed by atoms with Crippen LogP contribution in [0.2, 0.25) is 0 Å². The molecule has 2 aliphatic rings. The molecule has 0 radical (unpaired) electrons. The Kier molecular flexibility index (Phi) is 5.02. The summed E-state index contributed by atoms with van der Waals surface area (Å²) in [5.41, 5.74) is 4.28. The third-order valence-electron chi connectivity index (χ3n) is 4.61. The van der Waals surface area contributed by atoms with Crippen molar-refractivity contribution in [2.24, 2.45) is 0 Å². The zero-order valence-electron chi connectivity index (χ0n) is 16.4. The molecule has 0 aromatic carbocycles. The van der Waals surface area contributed by atoms with Gasteiger partial charge in [-0.1, -0.05) is 0 Å². The van der Waals surface area contributed by atoms with E-state index in [9.17, 15) is 4.57 Å². The number of rotatable bonds is 5. The third-order valence-corrected chi connectivity index (χ3v) is 6.14. The van der Waals surface area contributed by atoms with Crippen LogP contribution in [0.15, 0.2) is 6.33 Å². The Morgan fingerprint density at radius 1 is 1.48 bits per heavy atom. The van der Waals surface area contributed by atoms with Crippen molar-refractivity contribution in [1.82, 2.24) is 19.5 Å². The number of imidazole rings is 1. The van der Waals surface area contributed by atoms with Gasteiger partial charge in [-0.05, 0) is 27.7 Å². The number of nitrogens with zero attached hydrogens (tertiary/aromatic N) is 4. The van der Waals surface area contributed by atoms with Crippen molar-refractivity contribution in [1.29, 1.82) is 0 Å². The molecule has 160 valence electrons. The molecule has 13 heteroatoms. The van der Waals surface area contributed by atoms with E-state index in [1.807, 2.05) is 13.8 Å². The van der Waals surface area contributed by atoms with E-state index >= 15 is 4.39 Å². The molecule has 0 amide bonds. The fraction of sp³-hybridized carbons (Fsp3) is 0.688. The Bertz CT molecular complexity index is 969. The first-order valence-electron chi connectivity index (χ1n) is 9.23. The molecular weight excluding hydrogens is 408 g/mol. The van der Waals surface area contributed by atoms with Gasteiger partial charge in [0, 0.05) is 0 Å². The maximum atomic E-state index is 15.9. The van der Waals surface area contributed by atoms with Crippen LogP contribution in [-0.2, 0) is 22.9 Å². The normalized spacial score (nSPS) is 34.6. The first-order chi connectivity index (χ1) is 13.6. The summed E-state index contributed by atoms with van der Waals surface area (Å²) in [6.45, 7) is 6.56. The Morgan fingerprint density at radius 2 is 2.24 bits per heavy atom. The van der Waals surface area contributed by atoms with E-state index in [-0.39, 0.29) is 36.8 Å². The average Bonchev–Trinajstić information content (AvgIpc) is 3.13. The maximum absolute atomic E-state index is 15.9. The van der Waals surface area contributed by atoms with Crippen LogP contribution >= 0.6 is 7.82 Å². The minimum absolute atomic E-state index is 0.0497. The van der Waals surface area contributed by atoms with Gasteiger partial charge < -0.3 is 15.2 Å². The summed E-state index contributed by atoms with van der Waals surface area (Å²) in [6, 6.07) is 0. The first-order valence-corrected chi connectivity index (χ1v) is 10.7. The van der Waals surface area contributed by atoms with E-state index in [1.165, 1.54) is 17.8 Å². The second-order valence-corrected chi connectivity index (χ2v) is 8.86. The highest BCUT2D eigenvalue weighted by molar-refractivity contribution is 7.48. The van der Waals surface area contributed by atoms with Crippen molar-refractivity contribution in [3.8, 4) is 5.88 Å². The molecule has 5 atom stereocenters. The van der Waals surface area contributed by atoms with Gasteiger partial charge in [-0.25, -0.2) is 13.9 Å². The minimum Gasteiger partial charge on any atom is -0.473 e. The number of phosphoric ester groups is 1. The van der Waals surface area contributed by atoms with Crippen LogP contribution in [0.5, 0.6) is 5.88 Å². The Morgan fingerprint density at radius 3 is 2.93 bits per heavy atom. The number of hydrogen-bond donors (Lipinski definition) is 1. The summed E-state index contributed by atoms with van der Waals surface area (Å²) in [5.74, 6) is 0.143. The summed E-state index contributed by atoms with van der Waals surface area (Å²) >= 11 is 0. The monoisotopic (exact) mass is 431 g/mol. The highest BCUT2D eigenvalue weighted by Gasteiger charge is 2.61. The quantitative estimate of drug-likeness (QED) is 0.704. The lowest BCUT2D eigenvalue weighted by Gasteiger charge is -2.33. The van der Waals surface area contributed by atoms with Crippen molar-refractivity contribution in [2.45, 2.75) is 57.9 Å². The SMILES string of the molecule is CCO[P@@]1(=O)OC[C@H]2O[C@@H](n3cnc4c(OC(C)C)nc(N)nc43)[C@](C)(F)[C@@H]2O1. The summed E-state index contributed by atoms with van der Waals surface area (Å²) in [4.78, 5) is 12.5. The molecule has 0 spiro atoms. The fourth-order valence-corrected chi connectivity index (χ4v) is 4.91. The molecule has 2 N–H and O–H groups in total. The molecule has 0 unspecified atom stereocenters. The molecule has 2 fully saturated rings. The Hall–Kier alpha value is -1.85. The lowest BCUT2D eigenvalue weighted by Crippen LogP contribution is -2.44. The second kappa shape index (κ2) is 7.13. The molecule has 4 rings (SSSR count). The third kappa shape index (κ3) is 3.49. The van der Waals surface area contributed by atoms with E-state index in [0.29, 0.717) is 5.52 Å². The average molecular weight is 431 g/mol. The van der Waals surface area contributed by atoms with Gasteiger partial charge >= 0.3 is 7.82 Å². The zero-order chi connectivity index (χ0) is 21.0. The summed E-state index contributed by atoms with van der Waals surface area (Å²) in [6.07, 6.45) is -1.94. The van der Waals surface area contributed by atoms with E-state index in [2.05, 4.69) is 15.0 Å². The van der Waals surface area contributed by atoms with E-state index < -0.39 is 31.9 Å². The van der Waals surface area contributed by atoms with Crippen LogP contribution in [0.4, 0.5) is 10.3 Å². The van der Waals surface area contributed by atoms with Crippen LogP contribution in [0.1, 0.15) is 33.9 Å². The highest BCUT2D eigenvalue weighted by Crippen LogP contribution is 2.59. The summed E-state index contributed by atoms with van der Waals surface area (Å²) < 4.78 is 56.9. The molecule has 0 aliphatic carbocycles. The van der Waals surface area contributed by atoms with Gasteiger partial charge in [-0.15, -0.1) is 0 Å². The zero-order valence-corrected chi connectivity index (χ0v) is 17.3. The number of alkyl halides is 1. The van der Waals surface area contributed by atoms with Gasteiger partial charge in [-0.2, -0.15) is 9.97 Å². The first kappa shape index (κ1) is 20.4. The van der Waals surface area contributed by atoms with Gasteiger partial charge in [0.2, 0.25) is 11.8 Å². The van der Waals surface area contributed by atoms with Crippen LogP contribution in [0.25, 0.3) is 11.2 Å². The number of phosphoric acid groups is 1. The molecular formula is C16H23FN5O6P. The number of halogens is 1. The van der Waals surface area contributed by atoms with Crippen molar-refractivity contribution >= 4 is 24.9 Å². The second-order valence-electron chi connectivity index (χ2n) is 7.24. The summed E-state index contributed by atoms with van der Waals surface area (Å²) in [7, 11) is -3.86. The topological polar surface area (TPSA) is 133 Å². The Balaban J connectivity index is 1.72. The van der Waals surface area contributed by atoms with Gasteiger partial charge in [0.25, 0.3) is 0 Å². The lowest BCUT2D eigenvalue weighted by atomic mass is 9.98. The van der Waals surface area contributed by atoms with E-state index in [4.69, 9.17) is 28.8 Å². The molecule has 2 aromatic rings. The number of anilines is 1. The number of nitrogens with two attached hydrogens (primary N) is 1. The van der Waals surface area contributed by atoms with Crippen LogP contribution in [0.3, 0.4) is 0 Å². The minimum atomic E-state index is -3.86. The van der Waals surface area contributed by atoms with Crippen LogP contribution < -0.4 is 10.5 Å². The van der Waals surface area contributed by atoms with E-state index in [1.54, 1.807) is 6.92 Å². The number of nitrogen functional groups attached to an aromatic ring is 1. The molecule has 2 aliphatic heterocycles. The van der Waals surface area contributed by atoms with Gasteiger partial charge in [-0.3, -0.25) is 18.1 Å². The predicted octanol–water partition coefficient (Wildman–Crippen LogP) is 2.38. The molecule has 4 heterocycles. The van der Waals surface area contributed by atoms with Crippen molar-refractivity contribution < 1.29 is 32.0 Å². The van der Waals surface area contributed by atoms with Crippen molar-refractivity contribution in [3.63, 3.8) is 0 Å². The largest absolute Gasteiger partial charge is 0.475 e. The lowest BCUT2D eigenvalue weighted by molar-refractivity contribution is -0.0702. The number of hydrogen-bond acceptors (Lipinski definition) is 10. The van der Waals surface area contributed by atoms with Crippen LogP contribution in [0, 0.1) is 0 Å². The molecule has 2 aromatic heterocycles. The number of aromatic nitrogens is 4. The molecule has 0 bridgehead atoms. The highest BCUT2D eigenvalue weighted by atomic mass is 31.2. The van der Waals surface area contributed by atoms with E-state index in [0.717, 1.165) is 0 Å².